The molecule has 0 saturated carbocycles. The van der Waals surface area contributed by atoms with Gasteiger partial charge in [-0.15, -0.1) is 0 Å². The van der Waals surface area contributed by atoms with E-state index in [0.29, 0.717) is 0 Å². The van der Waals surface area contributed by atoms with Gasteiger partial charge >= 0.3 is 0 Å². The Kier molecular flexibility index (Phi) is 6.81. The minimum absolute atomic E-state index is 0.0526. The topological polar surface area (TPSA) is 52.6 Å². The predicted molar refractivity (Wildman–Crippen MR) is 99.3 cm³/mol. The van der Waals surface area contributed by atoms with Crippen molar-refractivity contribution < 1.29 is 9.90 Å². The number of hydrogen-bond acceptors (Lipinski definition) is 3. The molecule has 0 aromatic heterocycles. The third kappa shape index (κ3) is 4.37. The summed E-state index contributed by atoms with van der Waals surface area (Å²) in [4.78, 5) is 15.0. The summed E-state index contributed by atoms with van der Waals surface area (Å²) in [5, 5.41) is 13.0. The van der Waals surface area contributed by atoms with E-state index in [1.807, 2.05) is 13.8 Å². The van der Waals surface area contributed by atoms with Gasteiger partial charge in [0.15, 0.2) is 0 Å². The highest BCUT2D eigenvalue weighted by Crippen LogP contribution is 2.25. The second kappa shape index (κ2) is 8.63. The number of rotatable bonds is 6. The Morgan fingerprint density at radius 1 is 1.29 bits per heavy atom. The fourth-order valence-corrected chi connectivity index (χ4v) is 3.58. The van der Waals surface area contributed by atoms with Gasteiger partial charge in [-0.25, -0.2) is 0 Å². The second-order valence-electron chi connectivity index (χ2n) is 6.96. The van der Waals surface area contributed by atoms with E-state index in [2.05, 4.69) is 42.3 Å². The smallest absolute Gasteiger partial charge is 0.241 e. The predicted octanol–water partition coefficient (Wildman–Crippen LogP) is 3.23. The first-order valence-corrected chi connectivity index (χ1v) is 9.31. The van der Waals surface area contributed by atoms with Crippen LogP contribution in [-0.2, 0) is 17.6 Å². The summed E-state index contributed by atoms with van der Waals surface area (Å²) in [7, 11) is 0. The van der Waals surface area contributed by atoms with E-state index in [4.69, 9.17) is 0 Å². The number of carbonyl (C=O) groups is 1. The highest BCUT2D eigenvalue weighted by molar-refractivity contribution is 5.96. The van der Waals surface area contributed by atoms with Crippen LogP contribution in [0.25, 0.3) is 0 Å². The lowest BCUT2D eigenvalue weighted by Gasteiger charge is -2.37. The van der Waals surface area contributed by atoms with E-state index < -0.39 is 0 Å². The largest absolute Gasteiger partial charge is 0.393 e. The number of nitrogens with one attached hydrogen (secondary N) is 1. The van der Waals surface area contributed by atoms with Gasteiger partial charge in [0.1, 0.15) is 0 Å². The molecule has 4 nitrogen and oxygen atoms in total. The van der Waals surface area contributed by atoms with Gasteiger partial charge in [-0.1, -0.05) is 32.0 Å². The van der Waals surface area contributed by atoms with E-state index >= 15 is 0 Å². The molecule has 1 heterocycles. The summed E-state index contributed by atoms with van der Waals surface area (Å²) >= 11 is 0. The average Bonchev–Trinajstić information content (AvgIpc) is 2.61. The SMILES string of the molecule is CCc1cccc(CC)c1NC(=O)C(C)N1CCCC(C(C)O)C1. The van der Waals surface area contributed by atoms with E-state index in [1.54, 1.807) is 0 Å². The molecule has 4 heteroatoms. The lowest BCUT2D eigenvalue weighted by molar-refractivity contribution is -0.121. The van der Waals surface area contributed by atoms with Crippen molar-refractivity contribution in [2.24, 2.45) is 5.92 Å². The van der Waals surface area contributed by atoms with Gasteiger partial charge in [0.25, 0.3) is 0 Å². The summed E-state index contributed by atoms with van der Waals surface area (Å²) in [6, 6.07) is 6.06. The van der Waals surface area contributed by atoms with Crippen molar-refractivity contribution in [3.05, 3.63) is 29.3 Å². The molecule has 3 unspecified atom stereocenters. The Hall–Kier alpha value is -1.39. The number of anilines is 1. The zero-order valence-electron chi connectivity index (χ0n) is 15.5. The Balaban J connectivity index is 2.09. The average molecular weight is 332 g/mol. The maximum absolute atomic E-state index is 12.8. The summed E-state index contributed by atoms with van der Waals surface area (Å²) < 4.78 is 0. The number of benzene rings is 1. The minimum Gasteiger partial charge on any atom is -0.393 e. The first kappa shape index (κ1) is 18.9. The lowest BCUT2D eigenvalue weighted by atomic mass is 9.92. The number of aryl methyl sites for hydroxylation is 2. The van der Waals surface area contributed by atoms with E-state index in [0.717, 1.165) is 44.5 Å². The van der Waals surface area contributed by atoms with Gasteiger partial charge in [-0.05, 0) is 63.1 Å². The lowest BCUT2D eigenvalue weighted by Crippen LogP contribution is -2.48. The first-order chi connectivity index (χ1) is 11.5. The van der Waals surface area contributed by atoms with Gasteiger partial charge in [-0.2, -0.15) is 0 Å². The minimum atomic E-state index is -0.310. The van der Waals surface area contributed by atoms with Gasteiger partial charge in [-0.3, -0.25) is 9.69 Å². The summed E-state index contributed by atoms with van der Waals surface area (Å²) in [6.07, 6.45) is 3.59. The van der Waals surface area contributed by atoms with Crippen LogP contribution in [0.5, 0.6) is 0 Å². The van der Waals surface area contributed by atoms with Crippen molar-refractivity contribution in [3.8, 4) is 0 Å². The third-order valence-corrected chi connectivity index (χ3v) is 5.35. The molecule has 1 aliphatic heterocycles. The van der Waals surface area contributed by atoms with Crippen molar-refractivity contribution >= 4 is 11.6 Å². The van der Waals surface area contributed by atoms with Crippen LogP contribution in [0, 0.1) is 5.92 Å². The molecular weight excluding hydrogens is 300 g/mol. The van der Waals surface area contributed by atoms with E-state index in [1.165, 1.54) is 11.1 Å². The molecule has 1 saturated heterocycles. The molecule has 1 fully saturated rings. The van der Waals surface area contributed by atoms with Crippen molar-refractivity contribution in [2.45, 2.75) is 65.5 Å². The van der Waals surface area contributed by atoms with Crippen LogP contribution in [0.3, 0.4) is 0 Å². The molecule has 2 N–H and O–H groups in total. The molecule has 1 aromatic rings. The molecule has 1 aromatic carbocycles. The van der Waals surface area contributed by atoms with Gasteiger partial charge in [0.2, 0.25) is 5.91 Å². The van der Waals surface area contributed by atoms with Crippen LogP contribution in [0.2, 0.25) is 0 Å². The molecule has 134 valence electrons. The van der Waals surface area contributed by atoms with Crippen LogP contribution in [0.4, 0.5) is 5.69 Å². The highest BCUT2D eigenvalue weighted by atomic mass is 16.3. The molecule has 0 bridgehead atoms. The number of aliphatic hydroxyl groups excluding tert-OH is 1. The van der Waals surface area contributed by atoms with Crippen LogP contribution in [-0.4, -0.2) is 41.1 Å². The molecule has 3 atom stereocenters. The van der Waals surface area contributed by atoms with Crippen molar-refractivity contribution in [3.63, 3.8) is 0 Å². The third-order valence-electron chi connectivity index (χ3n) is 5.35. The quantitative estimate of drug-likeness (QED) is 0.841. The van der Waals surface area contributed by atoms with E-state index in [-0.39, 0.29) is 24.0 Å². The van der Waals surface area contributed by atoms with E-state index in [9.17, 15) is 9.90 Å². The molecular formula is C20H32N2O2. The second-order valence-corrected chi connectivity index (χ2v) is 6.96. The Morgan fingerprint density at radius 3 is 2.46 bits per heavy atom. The number of likely N-dealkylation sites (tertiary alicyclic amines) is 1. The van der Waals surface area contributed by atoms with Crippen molar-refractivity contribution in [2.75, 3.05) is 18.4 Å². The molecule has 1 amide bonds. The van der Waals surface area contributed by atoms with Crippen molar-refractivity contribution in [1.82, 2.24) is 4.90 Å². The fraction of sp³-hybridized carbons (Fsp3) is 0.650. The zero-order chi connectivity index (χ0) is 17.7. The number of amides is 1. The van der Waals surface area contributed by atoms with Crippen LogP contribution >= 0.6 is 0 Å². The number of para-hydroxylation sites is 1. The monoisotopic (exact) mass is 332 g/mol. The van der Waals surface area contributed by atoms with Crippen LogP contribution in [0.1, 0.15) is 51.7 Å². The van der Waals surface area contributed by atoms with Crippen LogP contribution < -0.4 is 5.32 Å². The van der Waals surface area contributed by atoms with Gasteiger partial charge < -0.3 is 10.4 Å². The molecule has 1 aliphatic rings. The number of aliphatic hydroxyl groups is 1. The standard InChI is InChI=1S/C20H32N2O2/c1-5-16-9-7-10-17(6-2)19(16)21-20(24)14(3)22-12-8-11-18(13-22)15(4)23/h7,9-10,14-15,18,23H,5-6,8,11-13H2,1-4H3,(H,21,24). The van der Waals surface area contributed by atoms with Gasteiger partial charge in [0.05, 0.1) is 12.1 Å². The summed E-state index contributed by atoms with van der Waals surface area (Å²) in [5.41, 5.74) is 3.37. The molecule has 24 heavy (non-hydrogen) atoms. The Bertz CT molecular complexity index is 534. The maximum Gasteiger partial charge on any atom is 0.241 e. The normalized spacial score (nSPS) is 21.3. The van der Waals surface area contributed by atoms with Gasteiger partial charge in [0, 0.05) is 12.2 Å². The summed E-state index contributed by atoms with van der Waals surface area (Å²) in [5.74, 6) is 0.319. The molecule has 2 rings (SSSR count). The first-order valence-electron chi connectivity index (χ1n) is 9.31. The summed E-state index contributed by atoms with van der Waals surface area (Å²) in [6.45, 7) is 9.78. The highest BCUT2D eigenvalue weighted by Gasteiger charge is 2.29. The van der Waals surface area contributed by atoms with Crippen molar-refractivity contribution in [1.29, 1.82) is 0 Å². The Morgan fingerprint density at radius 2 is 1.92 bits per heavy atom. The molecule has 0 spiro atoms. The number of carbonyl (C=O) groups excluding carboxylic acids is 1. The number of piperidine rings is 1. The van der Waals surface area contributed by atoms with Crippen LogP contribution in [0.15, 0.2) is 18.2 Å². The molecule has 0 aliphatic carbocycles. The Labute approximate surface area is 146 Å². The zero-order valence-corrected chi connectivity index (χ0v) is 15.5. The number of nitrogens with zero attached hydrogens (tertiary/aromatic N) is 1. The fourth-order valence-electron chi connectivity index (χ4n) is 3.58. The number of hydrogen-bond donors (Lipinski definition) is 2. The maximum atomic E-state index is 12.8. The molecule has 0 radical (unpaired) electrons.